The number of benzene rings is 2. The fourth-order valence-electron chi connectivity index (χ4n) is 2.09. The molecule has 7 heteroatoms. The molecule has 1 amide bonds. The van der Waals surface area contributed by atoms with Gasteiger partial charge in [-0.25, -0.2) is 5.43 Å². The second kappa shape index (κ2) is 7.83. The summed E-state index contributed by atoms with van der Waals surface area (Å²) >= 11 is 0. The Balaban J connectivity index is 1.88. The average Bonchev–Trinajstić information content (AvgIpc) is 2.54. The van der Waals surface area contributed by atoms with Gasteiger partial charge in [-0.1, -0.05) is 29.8 Å². The second-order valence-electron chi connectivity index (χ2n) is 5.47. The molecular weight excluding hydrogens is 333 g/mol. The molecule has 0 unspecified atom stereocenters. The zero-order chi connectivity index (χ0) is 18.4. The number of nitrogens with one attached hydrogen (secondary N) is 1. The highest BCUT2D eigenvalue weighted by Crippen LogP contribution is 2.31. The van der Waals surface area contributed by atoms with Crippen LogP contribution >= 0.6 is 0 Å². The summed E-state index contributed by atoms with van der Waals surface area (Å²) in [6.07, 6.45) is -2.96. The summed E-state index contributed by atoms with van der Waals surface area (Å²) in [5, 5.41) is 3.82. The van der Waals surface area contributed by atoms with Crippen molar-refractivity contribution in [3.8, 4) is 5.75 Å². The Labute approximate surface area is 143 Å². The normalized spacial score (nSPS) is 11.6. The van der Waals surface area contributed by atoms with E-state index in [1.54, 1.807) is 0 Å². The number of hydrazone groups is 1. The molecule has 132 valence electrons. The minimum absolute atomic E-state index is 0.0386. The van der Waals surface area contributed by atoms with Crippen molar-refractivity contribution in [2.45, 2.75) is 20.0 Å². The van der Waals surface area contributed by atoms with E-state index in [0.717, 1.165) is 28.8 Å². The fraction of sp³-hybridized carbons (Fsp3) is 0.222. The molecule has 1 N–H and O–H groups in total. The lowest BCUT2D eigenvalue weighted by Gasteiger charge is -2.09. The molecule has 0 saturated carbocycles. The number of hydrogen-bond donors (Lipinski definition) is 1. The van der Waals surface area contributed by atoms with Gasteiger partial charge in [-0.05, 0) is 43.2 Å². The number of nitrogens with zero attached hydrogens (tertiary/aromatic N) is 1. The lowest BCUT2D eigenvalue weighted by atomic mass is 10.1. The van der Waals surface area contributed by atoms with Crippen LogP contribution in [0.15, 0.2) is 47.6 Å². The van der Waals surface area contributed by atoms with E-state index in [2.05, 4.69) is 10.5 Å². The smallest absolute Gasteiger partial charge is 0.416 e. The number of aryl methyl sites for hydroxylation is 2. The highest BCUT2D eigenvalue weighted by atomic mass is 19.4. The third kappa shape index (κ3) is 5.63. The van der Waals surface area contributed by atoms with E-state index < -0.39 is 24.3 Å². The number of amides is 1. The van der Waals surface area contributed by atoms with Crippen molar-refractivity contribution in [3.63, 3.8) is 0 Å². The summed E-state index contributed by atoms with van der Waals surface area (Å²) in [6, 6.07) is 10.1. The lowest BCUT2D eigenvalue weighted by Crippen LogP contribution is -2.24. The van der Waals surface area contributed by atoms with Crippen molar-refractivity contribution < 1.29 is 22.7 Å². The zero-order valence-electron chi connectivity index (χ0n) is 13.7. The summed E-state index contributed by atoms with van der Waals surface area (Å²) in [6.45, 7) is 3.46. The molecule has 0 bridgehead atoms. The number of alkyl halides is 3. The van der Waals surface area contributed by atoms with E-state index in [0.29, 0.717) is 0 Å². The van der Waals surface area contributed by atoms with Gasteiger partial charge in [0.1, 0.15) is 5.75 Å². The van der Waals surface area contributed by atoms with Crippen molar-refractivity contribution in [2.24, 2.45) is 5.10 Å². The van der Waals surface area contributed by atoms with Gasteiger partial charge < -0.3 is 4.74 Å². The number of hydrogen-bond acceptors (Lipinski definition) is 3. The standard InChI is InChI=1S/C18H17F3N2O2/c1-12-6-7-14(13(2)8-12)10-22-23-17(24)11-25-16-5-3-4-15(9-16)18(19,20)21/h3-10H,11H2,1-2H3,(H,23,24)/b22-10+. The van der Waals surface area contributed by atoms with Gasteiger partial charge in [0.25, 0.3) is 5.91 Å². The summed E-state index contributed by atoms with van der Waals surface area (Å²) in [4.78, 5) is 11.7. The van der Waals surface area contributed by atoms with Crippen LogP contribution in [0.25, 0.3) is 0 Å². The number of carbonyl (C=O) groups is 1. The van der Waals surface area contributed by atoms with Crippen molar-refractivity contribution in [1.82, 2.24) is 5.43 Å². The number of carbonyl (C=O) groups excluding carboxylic acids is 1. The molecule has 2 rings (SSSR count). The topological polar surface area (TPSA) is 50.7 Å². The minimum atomic E-state index is -4.46. The van der Waals surface area contributed by atoms with E-state index in [9.17, 15) is 18.0 Å². The second-order valence-corrected chi connectivity index (χ2v) is 5.47. The Bertz CT molecular complexity index is 786. The third-order valence-electron chi connectivity index (χ3n) is 3.35. The SMILES string of the molecule is Cc1ccc(/C=N/NC(=O)COc2cccc(C(F)(F)F)c2)c(C)c1. The van der Waals surface area contributed by atoms with E-state index in [-0.39, 0.29) is 5.75 Å². The average molecular weight is 350 g/mol. The van der Waals surface area contributed by atoms with Crippen molar-refractivity contribution in [3.05, 3.63) is 64.7 Å². The molecule has 0 atom stereocenters. The van der Waals surface area contributed by atoms with E-state index in [1.807, 2.05) is 32.0 Å². The molecule has 0 spiro atoms. The fourth-order valence-corrected chi connectivity index (χ4v) is 2.09. The highest BCUT2D eigenvalue weighted by Gasteiger charge is 2.30. The van der Waals surface area contributed by atoms with Crippen molar-refractivity contribution >= 4 is 12.1 Å². The Kier molecular flexibility index (Phi) is 5.80. The molecule has 2 aromatic carbocycles. The van der Waals surface area contributed by atoms with Gasteiger partial charge >= 0.3 is 6.18 Å². The van der Waals surface area contributed by atoms with Gasteiger partial charge in [-0.3, -0.25) is 4.79 Å². The van der Waals surface area contributed by atoms with Crippen molar-refractivity contribution in [2.75, 3.05) is 6.61 Å². The summed E-state index contributed by atoms with van der Waals surface area (Å²) < 4.78 is 42.9. The first-order valence-electron chi connectivity index (χ1n) is 7.45. The molecule has 0 radical (unpaired) electrons. The van der Waals surface area contributed by atoms with Gasteiger partial charge in [-0.2, -0.15) is 18.3 Å². The van der Waals surface area contributed by atoms with Crippen LogP contribution < -0.4 is 10.2 Å². The van der Waals surface area contributed by atoms with Crippen LogP contribution in [0, 0.1) is 13.8 Å². The van der Waals surface area contributed by atoms with Crippen LogP contribution in [0.3, 0.4) is 0 Å². The predicted octanol–water partition coefficient (Wildman–Crippen LogP) is 3.85. The van der Waals surface area contributed by atoms with E-state index >= 15 is 0 Å². The molecule has 4 nitrogen and oxygen atoms in total. The lowest BCUT2D eigenvalue weighted by molar-refractivity contribution is -0.137. The molecule has 0 heterocycles. The highest BCUT2D eigenvalue weighted by molar-refractivity contribution is 5.84. The Morgan fingerprint density at radius 1 is 1.20 bits per heavy atom. The molecule has 0 fully saturated rings. The van der Waals surface area contributed by atoms with Gasteiger partial charge in [-0.15, -0.1) is 0 Å². The first kappa shape index (κ1) is 18.5. The molecule has 25 heavy (non-hydrogen) atoms. The minimum Gasteiger partial charge on any atom is -0.484 e. The monoisotopic (exact) mass is 350 g/mol. The molecule has 0 aliphatic rings. The molecular formula is C18H17F3N2O2. The molecule has 0 aromatic heterocycles. The van der Waals surface area contributed by atoms with Gasteiger partial charge in [0, 0.05) is 0 Å². The van der Waals surface area contributed by atoms with Gasteiger partial charge in [0.05, 0.1) is 11.8 Å². The zero-order valence-corrected chi connectivity index (χ0v) is 13.7. The van der Waals surface area contributed by atoms with E-state index in [1.165, 1.54) is 18.3 Å². The maximum atomic E-state index is 12.6. The summed E-state index contributed by atoms with van der Waals surface area (Å²) in [7, 11) is 0. The summed E-state index contributed by atoms with van der Waals surface area (Å²) in [5.41, 5.74) is 4.42. The Morgan fingerprint density at radius 2 is 1.96 bits per heavy atom. The quantitative estimate of drug-likeness (QED) is 0.658. The van der Waals surface area contributed by atoms with Crippen LogP contribution in [-0.4, -0.2) is 18.7 Å². The number of halogens is 3. The summed E-state index contributed by atoms with van der Waals surface area (Å²) in [5.74, 6) is -0.609. The molecule has 0 aliphatic heterocycles. The number of ether oxygens (including phenoxy) is 1. The van der Waals surface area contributed by atoms with Crippen LogP contribution in [0.4, 0.5) is 13.2 Å². The maximum Gasteiger partial charge on any atom is 0.416 e. The largest absolute Gasteiger partial charge is 0.484 e. The van der Waals surface area contributed by atoms with Gasteiger partial charge in [0.2, 0.25) is 0 Å². The Morgan fingerprint density at radius 3 is 2.64 bits per heavy atom. The van der Waals surface area contributed by atoms with Crippen LogP contribution in [0.5, 0.6) is 5.75 Å². The molecule has 2 aromatic rings. The Hall–Kier alpha value is -2.83. The van der Waals surface area contributed by atoms with Crippen LogP contribution in [0.2, 0.25) is 0 Å². The molecule has 0 saturated heterocycles. The maximum absolute atomic E-state index is 12.6. The molecule has 0 aliphatic carbocycles. The number of rotatable bonds is 5. The van der Waals surface area contributed by atoms with Crippen LogP contribution in [0.1, 0.15) is 22.3 Å². The van der Waals surface area contributed by atoms with Crippen LogP contribution in [-0.2, 0) is 11.0 Å². The van der Waals surface area contributed by atoms with Crippen molar-refractivity contribution in [1.29, 1.82) is 0 Å². The van der Waals surface area contributed by atoms with E-state index in [4.69, 9.17) is 4.74 Å². The van der Waals surface area contributed by atoms with Gasteiger partial charge in [0.15, 0.2) is 6.61 Å². The first-order chi connectivity index (χ1) is 11.8. The first-order valence-corrected chi connectivity index (χ1v) is 7.45. The third-order valence-corrected chi connectivity index (χ3v) is 3.35. The predicted molar refractivity (Wildman–Crippen MR) is 88.6 cm³/mol.